The molecule has 0 aliphatic rings. The molecular weight excluding hydrogens is 205 g/mol. The SMILES string of the molecule is CCOP(=O)([O-])OCC.CC[NH2+]CC. The molecule has 0 amide bonds. The minimum atomic E-state index is -3.94. The second kappa shape index (κ2) is 11.1. The number of quaternary nitrogens is 1. The predicted molar refractivity (Wildman–Crippen MR) is 53.9 cm³/mol. The Morgan fingerprint density at radius 1 is 1.07 bits per heavy atom. The van der Waals surface area contributed by atoms with E-state index in [4.69, 9.17) is 0 Å². The number of nitrogens with two attached hydrogens (primary N) is 1. The molecule has 5 nitrogen and oxygen atoms in total. The molecule has 6 heteroatoms. The van der Waals surface area contributed by atoms with Crippen LogP contribution in [0.5, 0.6) is 0 Å². The number of phosphoric ester groups is 1. The monoisotopic (exact) mass is 227 g/mol. The van der Waals surface area contributed by atoms with E-state index in [1.165, 1.54) is 13.1 Å². The van der Waals surface area contributed by atoms with Crippen LogP contribution in [-0.2, 0) is 13.6 Å². The van der Waals surface area contributed by atoms with Gasteiger partial charge in [-0.3, -0.25) is 4.57 Å². The molecule has 0 saturated carbocycles. The van der Waals surface area contributed by atoms with Gasteiger partial charge in [0.25, 0.3) is 7.82 Å². The van der Waals surface area contributed by atoms with E-state index in [1.54, 1.807) is 13.8 Å². The van der Waals surface area contributed by atoms with Gasteiger partial charge in [0.1, 0.15) is 0 Å². The summed E-state index contributed by atoms with van der Waals surface area (Å²) in [6, 6.07) is 0. The lowest BCUT2D eigenvalue weighted by atomic mass is 10.7. The molecule has 0 aliphatic heterocycles. The van der Waals surface area contributed by atoms with Crippen molar-refractivity contribution in [3.8, 4) is 0 Å². The Hall–Kier alpha value is 0.0700. The van der Waals surface area contributed by atoms with Crippen LogP contribution >= 0.6 is 7.82 Å². The Kier molecular flexibility index (Phi) is 13.1. The lowest BCUT2D eigenvalue weighted by Crippen LogP contribution is -2.82. The second-order valence-corrected chi connectivity index (χ2v) is 3.80. The standard InChI is InChI=1S/C4H11N.C4H11O4P/c1-3-5-4-2;1-3-7-9(5,6)8-4-2/h5H,3-4H2,1-2H3;3-4H2,1-2H3,(H,5,6). The topological polar surface area (TPSA) is 75.2 Å². The van der Waals surface area contributed by atoms with Crippen LogP contribution in [0.2, 0.25) is 0 Å². The maximum Gasteiger partial charge on any atom is 0.267 e. The van der Waals surface area contributed by atoms with Crippen molar-refractivity contribution >= 4 is 7.82 Å². The van der Waals surface area contributed by atoms with Crippen molar-refractivity contribution in [2.75, 3.05) is 26.3 Å². The lowest BCUT2D eigenvalue weighted by molar-refractivity contribution is -0.648. The predicted octanol–water partition coefficient (Wildman–Crippen LogP) is 0.117. The van der Waals surface area contributed by atoms with Crippen LogP contribution < -0.4 is 10.2 Å². The zero-order chi connectivity index (χ0) is 11.4. The molecule has 2 N–H and O–H groups in total. The van der Waals surface area contributed by atoms with Crippen molar-refractivity contribution in [1.82, 2.24) is 0 Å². The van der Waals surface area contributed by atoms with Crippen molar-refractivity contribution in [1.29, 1.82) is 0 Å². The minimum absolute atomic E-state index is 0.126. The van der Waals surface area contributed by atoms with E-state index in [1.807, 2.05) is 0 Å². The third-order valence-corrected chi connectivity index (χ3v) is 2.30. The van der Waals surface area contributed by atoms with Gasteiger partial charge in [0.15, 0.2) is 0 Å². The van der Waals surface area contributed by atoms with Crippen LogP contribution in [0.4, 0.5) is 0 Å². The first-order valence-corrected chi connectivity index (χ1v) is 6.41. The van der Waals surface area contributed by atoms with Crippen molar-refractivity contribution < 1.29 is 23.8 Å². The Labute approximate surface area is 86.4 Å². The summed E-state index contributed by atoms with van der Waals surface area (Å²) in [5.41, 5.74) is 0. The number of hydrogen-bond donors (Lipinski definition) is 1. The summed E-state index contributed by atoms with van der Waals surface area (Å²) < 4.78 is 18.9. The molecule has 0 saturated heterocycles. The van der Waals surface area contributed by atoms with Crippen LogP contribution in [0.25, 0.3) is 0 Å². The summed E-state index contributed by atoms with van der Waals surface area (Å²) in [6.07, 6.45) is 0. The van der Waals surface area contributed by atoms with Gasteiger partial charge in [-0.05, 0) is 27.7 Å². The Balaban J connectivity index is 0. The summed E-state index contributed by atoms with van der Waals surface area (Å²) in [5.74, 6) is 0. The molecular formula is C8H22NO4P. The molecule has 0 bridgehead atoms. The summed E-state index contributed by atoms with van der Waals surface area (Å²) in [6.45, 7) is 10.2. The molecule has 14 heavy (non-hydrogen) atoms. The van der Waals surface area contributed by atoms with Gasteiger partial charge in [-0.15, -0.1) is 0 Å². The van der Waals surface area contributed by atoms with Crippen LogP contribution in [-0.4, -0.2) is 26.3 Å². The highest BCUT2D eigenvalue weighted by Gasteiger charge is 2.04. The first-order chi connectivity index (χ1) is 6.54. The molecule has 0 fully saturated rings. The summed E-state index contributed by atoms with van der Waals surface area (Å²) in [5, 5.41) is 2.25. The highest BCUT2D eigenvalue weighted by atomic mass is 31.2. The highest BCUT2D eigenvalue weighted by Crippen LogP contribution is 2.37. The maximum atomic E-state index is 10.4. The van der Waals surface area contributed by atoms with Gasteiger partial charge < -0.3 is 19.3 Å². The zero-order valence-corrected chi connectivity index (χ0v) is 10.4. The van der Waals surface area contributed by atoms with Crippen molar-refractivity contribution in [2.24, 2.45) is 0 Å². The van der Waals surface area contributed by atoms with Gasteiger partial charge >= 0.3 is 0 Å². The Morgan fingerprint density at radius 3 is 1.57 bits per heavy atom. The molecule has 0 rings (SSSR count). The van der Waals surface area contributed by atoms with Crippen molar-refractivity contribution in [2.45, 2.75) is 27.7 Å². The fourth-order valence-electron chi connectivity index (χ4n) is 0.642. The molecule has 0 unspecified atom stereocenters. The Bertz CT molecular complexity index is 142. The van der Waals surface area contributed by atoms with E-state index in [0.29, 0.717) is 0 Å². The van der Waals surface area contributed by atoms with Gasteiger partial charge in [-0.25, -0.2) is 0 Å². The minimum Gasteiger partial charge on any atom is -0.756 e. The highest BCUT2D eigenvalue weighted by molar-refractivity contribution is 7.45. The smallest absolute Gasteiger partial charge is 0.267 e. The molecule has 0 atom stereocenters. The first-order valence-electron chi connectivity index (χ1n) is 4.95. The molecule has 88 valence electrons. The van der Waals surface area contributed by atoms with Gasteiger partial charge in [0, 0.05) is 0 Å². The molecule has 0 aromatic rings. The average Bonchev–Trinajstić information content (AvgIpc) is 2.06. The number of hydrogen-bond acceptors (Lipinski definition) is 4. The van der Waals surface area contributed by atoms with Crippen LogP contribution in [0.15, 0.2) is 0 Å². The van der Waals surface area contributed by atoms with Gasteiger partial charge in [0.05, 0.1) is 26.3 Å². The van der Waals surface area contributed by atoms with Crippen LogP contribution in [0.3, 0.4) is 0 Å². The fourth-order valence-corrected chi connectivity index (χ4v) is 1.35. The second-order valence-electron chi connectivity index (χ2n) is 2.39. The summed E-state index contributed by atoms with van der Waals surface area (Å²) in [7, 11) is -3.94. The summed E-state index contributed by atoms with van der Waals surface area (Å²) in [4.78, 5) is 10.4. The molecule has 0 heterocycles. The maximum absolute atomic E-state index is 10.4. The van der Waals surface area contributed by atoms with E-state index in [0.717, 1.165) is 0 Å². The van der Waals surface area contributed by atoms with Crippen molar-refractivity contribution in [3.63, 3.8) is 0 Å². The lowest BCUT2D eigenvalue weighted by Gasteiger charge is -2.20. The average molecular weight is 227 g/mol. The van der Waals surface area contributed by atoms with E-state index in [2.05, 4.69) is 28.2 Å². The molecule has 0 spiro atoms. The number of rotatable bonds is 6. The molecule has 0 aromatic carbocycles. The van der Waals surface area contributed by atoms with Crippen LogP contribution in [0, 0.1) is 0 Å². The van der Waals surface area contributed by atoms with Gasteiger partial charge in [-0.2, -0.15) is 0 Å². The Morgan fingerprint density at radius 2 is 1.43 bits per heavy atom. The largest absolute Gasteiger partial charge is 0.756 e. The van der Waals surface area contributed by atoms with Crippen LogP contribution in [0.1, 0.15) is 27.7 Å². The molecule has 0 aliphatic carbocycles. The first kappa shape index (κ1) is 16.5. The molecule has 0 aromatic heterocycles. The zero-order valence-electron chi connectivity index (χ0n) is 9.49. The van der Waals surface area contributed by atoms with E-state index < -0.39 is 7.82 Å². The third kappa shape index (κ3) is 14.6. The van der Waals surface area contributed by atoms with E-state index in [9.17, 15) is 9.46 Å². The normalized spacial score (nSPS) is 10.6. The van der Waals surface area contributed by atoms with E-state index >= 15 is 0 Å². The van der Waals surface area contributed by atoms with E-state index in [-0.39, 0.29) is 13.2 Å². The summed E-state index contributed by atoms with van der Waals surface area (Å²) >= 11 is 0. The molecule has 0 radical (unpaired) electrons. The third-order valence-electron chi connectivity index (χ3n) is 1.15. The van der Waals surface area contributed by atoms with Gasteiger partial charge in [-0.1, -0.05) is 0 Å². The quantitative estimate of drug-likeness (QED) is 0.654. The van der Waals surface area contributed by atoms with Gasteiger partial charge in [0.2, 0.25) is 0 Å². The number of phosphoric acid groups is 1. The fraction of sp³-hybridized carbons (Fsp3) is 1.00. The van der Waals surface area contributed by atoms with Crippen molar-refractivity contribution in [3.05, 3.63) is 0 Å².